The maximum atomic E-state index is 12.5. The summed E-state index contributed by atoms with van der Waals surface area (Å²) in [6.45, 7) is 4.97. The lowest BCUT2D eigenvalue weighted by Gasteiger charge is -2.22. The van der Waals surface area contributed by atoms with Crippen LogP contribution in [-0.4, -0.2) is 47.4 Å². The van der Waals surface area contributed by atoms with Gasteiger partial charge < -0.3 is 20.3 Å². The highest BCUT2D eigenvalue weighted by Gasteiger charge is 2.20. The molecule has 2 atom stereocenters. The van der Waals surface area contributed by atoms with Gasteiger partial charge in [0.15, 0.2) is 0 Å². The quantitative estimate of drug-likeness (QED) is 0.0320. The second-order valence-electron chi connectivity index (χ2n) is 23.2. The van der Waals surface area contributed by atoms with Crippen LogP contribution in [0.15, 0.2) is 24.3 Å². The summed E-state index contributed by atoms with van der Waals surface area (Å²) in [6, 6.07) is -0.543. The van der Waals surface area contributed by atoms with Crippen LogP contribution in [0.25, 0.3) is 0 Å². The number of allylic oxidation sites excluding steroid dienone is 4. The Bertz CT molecular complexity index is 1150. The average molecular weight is 1040 g/mol. The highest BCUT2D eigenvalue weighted by atomic mass is 16.5. The first-order valence-corrected chi connectivity index (χ1v) is 33.6. The van der Waals surface area contributed by atoms with E-state index in [0.29, 0.717) is 25.9 Å². The van der Waals surface area contributed by atoms with E-state index < -0.39 is 12.1 Å². The Morgan fingerprint density at radius 1 is 0.378 bits per heavy atom. The minimum absolute atomic E-state index is 0.0156. The van der Waals surface area contributed by atoms with Gasteiger partial charge >= 0.3 is 5.97 Å². The number of amides is 1. The molecular formula is C68H131NO5. The molecule has 6 heteroatoms. The van der Waals surface area contributed by atoms with Crippen molar-refractivity contribution >= 4 is 11.9 Å². The van der Waals surface area contributed by atoms with Crippen molar-refractivity contribution in [3.63, 3.8) is 0 Å². The van der Waals surface area contributed by atoms with Gasteiger partial charge in [-0.05, 0) is 57.8 Å². The van der Waals surface area contributed by atoms with Crippen LogP contribution in [0, 0.1) is 0 Å². The summed E-state index contributed by atoms with van der Waals surface area (Å²) in [7, 11) is 0. The van der Waals surface area contributed by atoms with Crippen molar-refractivity contribution in [2.75, 3.05) is 13.2 Å². The Morgan fingerprint density at radius 3 is 1.03 bits per heavy atom. The molecule has 0 aliphatic heterocycles. The number of aliphatic hydroxyl groups excluding tert-OH is 2. The summed E-state index contributed by atoms with van der Waals surface area (Å²) in [6.07, 6.45) is 79.3. The minimum atomic E-state index is -0.665. The van der Waals surface area contributed by atoms with Gasteiger partial charge in [-0.3, -0.25) is 9.59 Å². The molecule has 438 valence electrons. The molecule has 0 saturated carbocycles. The van der Waals surface area contributed by atoms with Crippen molar-refractivity contribution in [2.45, 2.75) is 386 Å². The number of ether oxygens (including phenoxy) is 1. The Morgan fingerprint density at radius 2 is 0.676 bits per heavy atom. The maximum Gasteiger partial charge on any atom is 0.305 e. The zero-order valence-corrected chi connectivity index (χ0v) is 50.1. The fourth-order valence-corrected chi connectivity index (χ4v) is 10.6. The topological polar surface area (TPSA) is 95.9 Å². The van der Waals surface area contributed by atoms with Crippen LogP contribution in [0.4, 0.5) is 0 Å². The van der Waals surface area contributed by atoms with Crippen LogP contribution in [0.3, 0.4) is 0 Å². The van der Waals surface area contributed by atoms with Crippen LogP contribution >= 0.6 is 0 Å². The summed E-state index contributed by atoms with van der Waals surface area (Å²) >= 11 is 0. The Labute approximate surface area is 462 Å². The van der Waals surface area contributed by atoms with Crippen molar-refractivity contribution in [2.24, 2.45) is 0 Å². The SMILES string of the molecule is CCCCCCCCCCCCCCCCCCCCC(=O)OCCCCCCCCCCC/C=C\C/C=C\CCCCCCCCCCCCCC(=O)NC(CO)C(O)CCCCCCCCCCCCCC. The number of aliphatic hydroxyl groups is 2. The van der Waals surface area contributed by atoms with E-state index in [2.05, 4.69) is 43.5 Å². The highest BCUT2D eigenvalue weighted by Crippen LogP contribution is 2.18. The first kappa shape index (κ1) is 72.3. The number of nitrogens with one attached hydrogen (secondary N) is 1. The molecule has 0 aromatic carbocycles. The van der Waals surface area contributed by atoms with E-state index in [1.807, 2.05) is 0 Å². The first-order chi connectivity index (χ1) is 36.5. The average Bonchev–Trinajstić information content (AvgIpc) is 3.40. The number of esters is 1. The van der Waals surface area contributed by atoms with E-state index >= 15 is 0 Å². The number of carbonyl (C=O) groups is 2. The molecule has 0 rings (SSSR count). The van der Waals surface area contributed by atoms with Gasteiger partial charge in [0.05, 0.1) is 25.4 Å². The number of rotatable bonds is 63. The van der Waals surface area contributed by atoms with Crippen molar-refractivity contribution in [1.29, 1.82) is 0 Å². The van der Waals surface area contributed by atoms with Crippen LogP contribution in [0.5, 0.6) is 0 Å². The third kappa shape index (κ3) is 59.6. The molecule has 6 nitrogen and oxygen atoms in total. The van der Waals surface area contributed by atoms with Crippen LogP contribution < -0.4 is 5.32 Å². The molecule has 0 aliphatic carbocycles. The molecule has 3 N–H and O–H groups in total. The Balaban J connectivity index is 3.38. The first-order valence-electron chi connectivity index (χ1n) is 33.6. The normalized spacial score (nSPS) is 12.6. The van der Waals surface area contributed by atoms with Gasteiger partial charge in [0, 0.05) is 12.8 Å². The van der Waals surface area contributed by atoms with Crippen molar-refractivity contribution in [3.8, 4) is 0 Å². The van der Waals surface area contributed by atoms with Gasteiger partial charge in [-0.25, -0.2) is 0 Å². The van der Waals surface area contributed by atoms with E-state index in [0.717, 1.165) is 44.9 Å². The molecule has 0 saturated heterocycles. The molecule has 0 aromatic rings. The van der Waals surface area contributed by atoms with Gasteiger partial charge in [0.1, 0.15) is 0 Å². The standard InChI is InChI=1S/C68H131NO5/c1-3-5-7-9-11-13-15-17-18-19-32-35-38-42-46-50-54-58-62-68(73)74-63-59-55-51-47-43-39-36-33-30-28-26-24-22-20-21-23-25-27-29-31-34-37-41-45-49-53-57-61-67(72)69-65(64-70)66(71)60-56-52-48-44-40-16-14-12-10-8-6-4-2/h20-21,24,26,65-66,70-71H,3-19,22-23,25,27-64H2,1-2H3,(H,69,72)/b21-20-,26-24-. The van der Waals surface area contributed by atoms with Crippen molar-refractivity contribution < 1.29 is 24.5 Å². The zero-order valence-electron chi connectivity index (χ0n) is 50.1. The maximum absolute atomic E-state index is 12.5. The summed E-state index contributed by atoms with van der Waals surface area (Å²) < 4.78 is 5.50. The largest absolute Gasteiger partial charge is 0.466 e. The molecule has 1 amide bonds. The van der Waals surface area contributed by atoms with E-state index in [9.17, 15) is 19.8 Å². The molecule has 0 heterocycles. The van der Waals surface area contributed by atoms with Gasteiger partial charge in [-0.1, -0.05) is 327 Å². The number of hydrogen-bond donors (Lipinski definition) is 3. The van der Waals surface area contributed by atoms with Crippen LogP contribution in [0.1, 0.15) is 373 Å². The van der Waals surface area contributed by atoms with E-state index in [1.54, 1.807) is 0 Å². The second-order valence-corrected chi connectivity index (χ2v) is 23.2. The molecule has 0 spiro atoms. The molecule has 0 aromatic heterocycles. The van der Waals surface area contributed by atoms with Crippen LogP contribution in [0.2, 0.25) is 0 Å². The second kappa shape index (κ2) is 63.9. The minimum Gasteiger partial charge on any atom is -0.466 e. The van der Waals surface area contributed by atoms with Gasteiger partial charge in [-0.15, -0.1) is 0 Å². The fraction of sp³-hybridized carbons (Fsp3) is 0.912. The Hall–Kier alpha value is -1.66. The molecule has 2 unspecified atom stereocenters. The molecular weight excluding hydrogens is 911 g/mol. The van der Waals surface area contributed by atoms with E-state index in [4.69, 9.17) is 4.74 Å². The third-order valence-corrected chi connectivity index (χ3v) is 15.8. The van der Waals surface area contributed by atoms with Gasteiger partial charge in [-0.2, -0.15) is 0 Å². The van der Waals surface area contributed by atoms with Crippen molar-refractivity contribution in [3.05, 3.63) is 24.3 Å². The summed E-state index contributed by atoms with van der Waals surface area (Å²) in [5.41, 5.74) is 0. The fourth-order valence-electron chi connectivity index (χ4n) is 10.6. The predicted molar refractivity (Wildman–Crippen MR) is 324 cm³/mol. The van der Waals surface area contributed by atoms with Gasteiger partial charge in [0.25, 0.3) is 0 Å². The molecule has 0 aliphatic rings. The molecule has 74 heavy (non-hydrogen) atoms. The lowest BCUT2D eigenvalue weighted by atomic mass is 10.0. The number of unbranched alkanes of at least 4 members (excludes halogenated alkanes) is 48. The van der Waals surface area contributed by atoms with Crippen molar-refractivity contribution in [1.82, 2.24) is 5.32 Å². The summed E-state index contributed by atoms with van der Waals surface area (Å²) in [4.78, 5) is 24.6. The highest BCUT2D eigenvalue weighted by molar-refractivity contribution is 5.76. The number of carbonyl (C=O) groups excluding carboxylic acids is 2. The van der Waals surface area contributed by atoms with E-state index in [1.165, 1.54) is 295 Å². The molecule has 0 radical (unpaired) electrons. The Kier molecular flexibility index (Phi) is 62.4. The molecule has 0 fully saturated rings. The van der Waals surface area contributed by atoms with Gasteiger partial charge in [0.2, 0.25) is 5.91 Å². The van der Waals surface area contributed by atoms with E-state index in [-0.39, 0.29) is 18.5 Å². The zero-order chi connectivity index (χ0) is 53.6. The summed E-state index contributed by atoms with van der Waals surface area (Å²) in [5.74, 6) is -0.0216. The predicted octanol–water partition coefficient (Wildman–Crippen LogP) is 21.4. The smallest absolute Gasteiger partial charge is 0.305 e. The third-order valence-electron chi connectivity index (χ3n) is 15.8. The number of hydrogen-bond acceptors (Lipinski definition) is 5. The van der Waals surface area contributed by atoms with Crippen LogP contribution in [-0.2, 0) is 14.3 Å². The monoisotopic (exact) mass is 1040 g/mol. The summed E-state index contributed by atoms with van der Waals surface area (Å²) in [5, 5.41) is 23.2. The molecule has 0 bridgehead atoms. The lowest BCUT2D eigenvalue weighted by Crippen LogP contribution is -2.45. The lowest BCUT2D eigenvalue weighted by molar-refractivity contribution is -0.143.